The van der Waals surface area contributed by atoms with Crippen molar-refractivity contribution in [1.29, 1.82) is 0 Å². The molecule has 0 amide bonds. The van der Waals surface area contributed by atoms with E-state index in [0.29, 0.717) is 23.9 Å². The molecule has 0 aromatic heterocycles. The van der Waals surface area contributed by atoms with Crippen LogP contribution in [0.5, 0.6) is 0 Å². The number of hydrogen-bond donors (Lipinski definition) is 1. The Bertz CT molecular complexity index is 1420. The van der Waals surface area contributed by atoms with Gasteiger partial charge in [-0.3, -0.25) is 18.6 Å². The van der Waals surface area contributed by atoms with Crippen molar-refractivity contribution in [2.45, 2.75) is 315 Å². The summed E-state index contributed by atoms with van der Waals surface area (Å²) in [5, 5.41) is 0. The van der Waals surface area contributed by atoms with Crippen LogP contribution in [0.3, 0.4) is 0 Å². The minimum atomic E-state index is -4.39. The number of carbonyl (C=O) groups is 2. The first-order valence-corrected chi connectivity index (χ1v) is 33.9. The van der Waals surface area contributed by atoms with E-state index < -0.39 is 26.5 Å². The molecule has 0 aromatic rings. The highest BCUT2D eigenvalue weighted by atomic mass is 31.2. The summed E-state index contributed by atoms with van der Waals surface area (Å²) >= 11 is 0. The minimum Gasteiger partial charge on any atom is -0.462 e. The third kappa shape index (κ3) is 61.2. The predicted molar refractivity (Wildman–Crippen MR) is 326 cm³/mol. The molecule has 0 rings (SSSR count). The van der Waals surface area contributed by atoms with Gasteiger partial charge in [0.15, 0.2) is 6.10 Å². The lowest BCUT2D eigenvalue weighted by Gasteiger charge is -2.24. The third-order valence-electron chi connectivity index (χ3n) is 14.3. The Morgan fingerprint density at radius 3 is 1.07 bits per heavy atom. The molecular weight excluding hydrogens is 966 g/mol. The van der Waals surface area contributed by atoms with Gasteiger partial charge < -0.3 is 18.9 Å². The zero-order valence-electron chi connectivity index (χ0n) is 50.8. The molecule has 1 N–H and O–H groups in total. The molecule has 2 unspecified atom stereocenters. The summed E-state index contributed by atoms with van der Waals surface area (Å²) in [5.74, 6) is -0.787. The molecule has 0 aliphatic rings. The molecule has 0 fully saturated rings. The first-order valence-electron chi connectivity index (χ1n) is 32.4. The summed E-state index contributed by atoms with van der Waals surface area (Å²) in [6.45, 7) is 4.46. The molecule has 0 aliphatic carbocycles. The second-order valence-corrected chi connectivity index (χ2v) is 24.6. The normalized spacial score (nSPS) is 13.5. The van der Waals surface area contributed by atoms with Gasteiger partial charge >= 0.3 is 19.8 Å². The van der Waals surface area contributed by atoms with Crippen LogP contribution in [0.4, 0.5) is 0 Å². The highest BCUT2D eigenvalue weighted by molar-refractivity contribution is 7.47. The third-order valence-corrected chi connectivity index (χ3v) is 15.3. The fraction of sp³-hybridized carbons (Fsp3) is 0.848. The highest BCUT2D eigenvalue weighted by Crippen LogP contribution is 2.43. The van der Waals surface area contributed by atoms with Gasteiger partial charge in [0.1, 0.15) is 19.8 Å². The molecule has 446 valence electrons. The van der Waals surface area contributed by atoms with Crippen molar-refractivity contribution >= 4 is 19.8 Å². The number of esters is 2. The first kappa shape index (κ1) is 74.0. The van der Waals surface area contributed by atoms with Crippen LogP contribution in [-0.4, -0.2) is 74.9 Å². The van der Waals surface area contributed by atoms with E-state index >= 15 is 0 Å². The van der Waals surface area contributed by atoms with E-state index in [1.807, 2.05) is 21.1 Å². The van der Waals surface area contributed by atoms with Gasteiger partial charge in [-0.2, -0.15) is 0 Å². The highest BCUT2D eigenvalue weighted by Gasteiger charge is 2.27. The van der Waals surface area contributed by atoms with Gasteiger partial charge in [0.25, 0.3) is 0 Å². The Balaban J connectivity index is 4.09. The van der Waals surface area contributed by atoms with Crippen molar-refractivity contribution in [3.63, 3.8) is 0 Å². The van der Waals surface area contributed by atoms with Crippen LogP contribution in [-0.2, 0) is 32.7 Å². The monoisotopic (exact) mass is 1090 g/mol. The molecule has 0 aromatic carbocycles. The maximum absolute atomic E-state index is 12.8. The van der Waals surface area contributed by atoms with E-state index in [9.17, 15) is 19.0 Å². The molecule has 0 saturated heterocycles. The molecule has 0 spiro atoms. The van der Waals surface area contributed by atoms with Gasteiger partial charge in [-0.25, -0.2) is 4.57 Å². The second-order valence-electron chi connectivity index (χ2n) is 23.1. The largest absolute Gasteiger partial charge is 0.472 e. The van der Waals surface area contributed by atoms with Crippen LogP contribution >= 0.6 is 7.82 Å². The smallest absolute Gasteiger partial charge is 0.462 e. The van der Waals surface area contributed by atoms with Crippen LogP contribution in [0.15, 0.2) is 48.6 Å². The topological polar surface area (TPSA) is 108 Å². The van der Waals surface area contributed by atoms with Gasteiger partial charge in [0, 0.05) is 12.8 Å². The van der Waals surface area contributed by atoms with Crippen molar-refractivity contribution in [3.05, 3.63) is 48.6 Å². The van der Waals surface area contributed by atoms with Crippen LogP contribution < -0.4 is 0 Å². The number of hydrogen-bond acceptors (Lipinski definition) is 7. The van der Waals surface area contributed by atoms with E-state index in [4.69, 9.17) is 18.5 Å². The van der Waals surface area contributed by atoms with Crippen LogP contribution in [0.25, 0.3) is 0 Å². The average molecular weight is 1090 g/mol. The average Bonchev–Trinajstić information content (AvgIpc) is 3.38. The fourth-order valence-corrected chi connectivity index (χ4v) is 10.1. The van der Waals surface area contributed by atoms with Gasteiger partial charge in [0.2, 0.25) is 0 Å². The lowest BCUT2D eigenvalue weighted by Crippen LogP contribution is -2.37. The molecule has 76 heavy (non-hydrogen) atoms. The Labute approximate surface area is 471 Å². The standard InChI is InChI=1S/C66H124NO8P/c1-6-8-10-12-14-16-18-20-22-24-26-28-30-32-33-35-37-39-41-43-45-47-49-51-53-55-57-59-66(69)75-64(63-74-76(70,71)73-61-60-67(3,4)5)62-72-65(68)58-56-54-52-50-48-46-44-42-40-38-36-34-31-29-27-25-23-21-19-17-15-13-11-9-7-2/h18,20,24-27,30,32,64H,6-17,19,21-23,28-29,31,33-63H2,1-5H3/p+1/b20-18-,26-24-,27-25-,32-30-. The summed E-state index contributed by atoms with van der Waals surface area (Å²) in [7, 11) is 1.49. The molecule has 9 nitrogen and oxygen atoms in total. The molecule has 2 atom stereocenters. The van der Waals surface area contributed by atoms with E-state index in [1.165, 1.54) is 225 Å². The number of phosphoric acid groups is 1. The predicted octanol–water partition coefficient (Wildman–Crippen LogP) is 20.5. The van der Waals surface area contributed by atoms with E-state index in [2.05, 4.69) is 62.5 Å². The number of carbonyl (C=O) groups excluding carboxylic acids is 2. The summed E-state index contributed by atoms with van der Waals surface area (Å²) in [6.07, 6.45) is 73.3. The van der Waals surface area contributed by atoms with E-state index in [1.54, 1.807) is 0 Å². The van der Waals surface area contributed by atoms with Gasteiger partial charge in [0.05, 0.1) is 27.7 Å². The zero-order valence-corrected chi connectivity index (χ0v) is 51.6. The number of rotatable bonds is 60. The Morgan fingerprint density at radius 2 is 0.711 bits per heavy atom. The Hall–Kier alpha value is -2.03. The number of unbranched alkanes of at least 4 members (excludes halogenated alkanes) is 38. The van der Waals surface area contributed by atoms with Crippen LogP contribution in [0.2, 0.25) is 0 Å². The van der Waals surface area contributed by atoms with Gasteiger partial charge in [-0.15, -0.1) is 0 Å². The first-order chi connectivity index (χ1) is 37.0. The SMILES string of the molecule is CCCCCCC/C=C\C/C=C\C/C=C\CCCCCCCCCCCCCCC(=O)OC(COC(=O)CCCCCCCCCCCCCCC/C=C\CCCCCCCCCC)COP(=O)(O)OCC[N+](C)(C)C. The zero-order chi connectivity index (χ0) is 55.6. The second kappa shape index (κ2) is 57.6. The minimum absolute atomic E-state index is 0.0317. The lowest BCUT2D eigenvalue weighted by molar-refractivity contribution is -0.870. The number of quaternary nitrogens is 1. The van der Waals surface area contributed by atoms with Crippen LogP contribution in [0.1, 0.15) is 309 Å². The summed E-state index contributed by atoms with van der Waals surface area (Å²) in [4.78, 5) is 35.8. The Morgan fingerprint density at radius 1 is 0.408 bits per heavy atom. The quantitative estimate of drug-likeness (QED) is 0.0211. The van der Waals surface area contributed by atoms with Crippen molar-refractivity contribution in [2.24, 2.45) is 0 Å². The molecule has 0 saturated carbocycles. The number of allylic oxidation sites excluding steroid dienone is 8. The number of likely N-dealkylation sites (N-methyl/N-ethyl adjacent to an activating group) is 1. The summed E-state index contributed by atoms with van der Waals surface area (Å²) in [5.41, 5.74) is 0. The number of ether oxygens (including phenoxy) is 2. The van der Waals surface area contributed by atoms with Gasteiger partial charge in [-0.1, -0.05) is 268 Å². The molecule has 0 radical (unpaired) electrons. The fourth-order valence-electron chi connectivity index (χ4n) is 9.31. The maximum atomic E-state index is 12.8. The number of nitrogens with zero attached hydrogens (tertiary/aromatic N) is 1. The maximum Gasteiger partial charge on any atom is 0.472 e. The Kier molecular flexibility index (Phi) is 56.1. The van der Waals surface area contributed by atoms with Crippen molar-refractivity contribution in [3.8, 4) is 0 Å². The lowest BCUT2D eigenvalue weighted by atomic mass is 10.0. The van der Waals surface area contributed by atoms with E-state index in [-0.39, 0.29) is 25.6 Å². The summed E-state index contributed by atoms with van der Waals surface area (Å²) in [6, 6.07) is 0. The molecule has 0 bridgehead atoms. The number of phosphoric ester groups is 1. The molecule has 0 aliphatic heterocycles. The van der Waals surface area contributed by atoms with Crippen molar-refractivity contribution in [1.82, 2.24) is 0 Å². The van der Waals surface area contributed by atoms with Crippen molar-refractivity contribution < 1.29 is 42.1 Å². The van der Waals surface area contributed by atoms with E-state index in [0.717, 1.165) is 51.4 Å². The molecular formula is C66H125NO8P+. The molecule has 10 heteroatoms. The molecule has 0 heterocycles. The van der Waals surface area contributed by atoms with Gasteiger partial charge in [-0.05, 0) is 77.0 Å². The van der Waals surface area contributed by atoms with Crippen molar-refractivity contribution in [2.75, 3.05) is 47.5 Å². The van der Waals surface area contributed by atoms with Crippen LogP contribution in [0, 0.1) is 0 Å². The summed E-state index contributed by atoms with van der Waals surface area (Å²) < 4.78 is 34.7.